The summed E-state index contributed by atoms with van der Waals surface area (Å²) in [7, 11) is -3.27. The van der Waals surface area contributed by atoms with Gasteiger partial charge in [0.25, 0.3) is 11.8 Å². The predicted molar refractivity (Wildman–Crippen MR) is 139 cm³/mol. The van der Waals surface area contributed by atoms with E-state index in [1.165, 1.54) is 10.6 Å². The van der Waals surface area contributed by atoms with E-state index >= 15 is 0 Å². The third-order valence-corrected chi connectivity index (χ3v) is 7.83. The first kappa shape index (κ1) is 26.9. The fourth-order valence-electron chi connectivity index (χ4n) is 4.59. The van der Waals surface area contributed by atoms with Crippen molar-refractivity contribution in [3.05, 3.63) is 35.5 Å². The summed E-state index contributed by atoms with van der Waals surface area (Å²) < 4.78 is 30.3. The second-order valence-corrected chi connectivity index (χ2v) is 12.5. The second kappa shape index (κ2) is 10.3. The Kier molecular flexibility index (Phi) is 7.52. The molecule has 0 unspecified atom stereocenters. The van der Waals surface area contributed by atoms with E-state index in [9.17, 15) is 22.8 Å². The SMILES string of the molecule is CC(C)(C)OC(=O)N1CCCN(C(=O)c2ccc3[nH]c(C(=O)N4CCN(S(C)(=O)=O)CC4)cc3c2)CC1. The molecule has 2 aliphatic heterocycles. The van der Waals surface area contributed by atoms with Crippen LogP contribution in [0.3, 0.4) is 0 Å². The number of piperazine rings is 1. The van der Waals surface area contributed by atoms with Gasteiger partial charge in [-0.15, -0.1) is 0 Å². The topological polar surface area (TPSA) is 123 Å². The highest BCUT2D eigenvalue weighted by Crippen LogP contribution is 2.21. The number of hydrogen-bond donors (Lipinski definition) is 1. The van der Waals surface area contributed by atoms with Crippen molar-refractivity contribution in [3.63, 3.8) is 0 Å². The molecule has 1 aromatic heterocycles. The molecular formula is C25H35N5O6S. The molecule has 0 saturated carbocycles. The minimum atomic E-state index is -3.27. The number of carbonyl (C=O) groups is 3. The Morgan fingerprint density at radius 3 is 2.08 bits per heavy atom. The van der Waals surface area contributed by atoms with Crippen molar-refractivity contribution in [2.75, 3.05) is 58.6 Å². The van der Waals surface area contributed by atoms with Gasteiger partial charge in [-0.05, 0) is 51.5 Å². The lowest BCUT2D eigenvalue weighted by atomic mass is 10.1. The van der Waals surface area contributed by atoms with Gasteiger partial charge in [-0.2, -0.15) is 4.31 Å². The second-order valence-electron chi connectivity index (χ2n) is 10.6. The summed E-state index contributed by atoms with van der Waals surface area (Å²) in [6.45, 7) is 8.53. The zero-order valence-electron chi connectivity index (χ0n) is 21.8. The van der Waals surface area contributed by atoms with Gasteiger partial charge in [0.05, 0.1) is 6.26 Å². The number of nitrogens with one attached hydrogen (secondary N) is 1. The van der Waals surface area contributed by atoms with Gasteiger partial charge in [-0.25, -0.2) is 13.2 Å². The Morgan fingerprint density at radius 2 is 1.43 bits per heavy atom. The molecule has 0 radical (unpaired) electrons. The predicted octanol–water partition coefficient (Wildman–Crippen LogP) is 1.97. The van der Waals surface area contributed by atoms with Crippen molar-refractivity contribution < 1.29 is 27.5 Å². The lowest BCUT2D eigenvalue weighted by Crippen LogP contribution is -2.50. The van der Waals surface area contributed by atoms with Gasteiger partial charge >= 0.3 is 6.09 Å². The number of nitrogens with zero attached hydrogens (tertiary/aromatic N) is 4. The molecular weight excluding hydrogens is 498 g/mol. The molecule has 3 heterocycles. The van der Waals surface area contributed by atoms with Crippen LogP contribution in [0.5, 0.6) is 0 Å². The zero-order chi connectivity index (χ0) is 27.0. The number of ether oxygens (including phenoxy) is 1. The fourth-order valence-corrected chi connectivity index (χ4v) is 5.41. The van der Waals surface area contributed by atoms with Gasteiger partial charge < -0.3 is 24.4 Å². The molecule has 1 N–H and O–H groups in total. The highest BCUT2D eigenvalue weighted by atomic mass is 32.2. The van der Waals surface area contributed by atoms with Crippen LogP contribution in [0.2, 0.25) is 0 Å². The molecule has 12 heteroatoms. The molecule has 2 saturated heterocycles. The van der Waals surface area contributed by atoms with Crippen LogP contribution in [0.25, 0.3) is 10.9 Å². The minimum Gasteiger partial charge on any atom is -0.444 e. The van der Waals surface area contributed by atoms with Crippen LogP contribution in [-0.2, 0) is 14.8 Å². The molecule has 4 rings (SSSR count). The Balaban J connectivity index is 1.41. The Hall–Kier alpha value is -3.12. The van der Waals surface area contributed by atoms with Crippen LogP contribution in [0.1, 0.15) is 48.0 Å². The quantitative estimate of drug-likeness (QED) is 0.644. The minimum absolute atomic E-state index is 0.126. The van der Waals surface area contributed by atoms with E-state index < -0.39 is 15.6 Å². The van der Waals surface area contributed by atoms with Gasteiger partial charge in [-0.3, -0.25) is 9.59 Å². The fraction of sp³-hybridized carbons (Fsp3) is 0.560. The summed E-state index contributed by atoms with van der Waals surface area (Å²) in [4.78, 5) is 46.8. The molecule has 11 nitrogen and oxygen atoms in total. The molecule has 2 fully saturated rings. The molecule has 0 atom stereocenters. The summed E-state index contributed by atoms with van der Waals surface area (Å²) in [6.07, 6.45) is 1.46. The van der Waals surface area contributed by atoms with Gasteiger partial charge in [0.2, 0.25) is 10.0 Å². The molecule has 3 amide bonds. The monoisotopic (exact) mass is 533 g/mol. The van der Waals surface area contributed by atoms with Crippen molar-refractivity contribution in [2.24, 2.45) is 0 Å². The normalized spacial score (nSPS) is 18.1. The number of H-pyrrole nitrogens is 1. The highest BCUT2D eigenvalue weighted by molar-refractivity contribution is 7.88. The number of benzene rings is 1. The maximum absolute atomic E-state index is 13.3. The molecule has 0 bridgehead atoms. The third-order valence-electron chi connectivity index (χ3n) is 6.53. The van der Waals surface area contributed by atoms with E-state index in [2.05, 4.69) is 4.98 Å². The number of aromatic amines is 1. The van der Waals surface area contributed by atoms with Crippen LogP contribution in [0.15, 0.2) is 24.3 Å². The highest BCUT2D eigenvalue weighted by Gasteiger charge is 2.28. The number of amides is 3. The lowest BCUT2D eigenvalue weighted by Gasteiger charge is -2.32. The van der Waals surface area contributed by atoms with Crippen molar-refractivity contribution in [1.29, 1.82) is 0 Å². The largest absolute Gasteiger partial charge is 0.444 e. The average Bonchev–Trinajstić information content (AvgIpc) is 3.09. The van der Waals surface area contributed by atoms with Gasteiger partial charge in [-0.1, -0.05) is 0 Å². The molecule has 2 aliphatic rings. The number of carbonyl (C=O) groups excluding carboxylic acids is 3. The van der Waals surface area contributed by atoms with E-state index in [4.69, 9.17) is 4.74 Å². The van der Waals surface area contributed by atoms with Crippen LogP contribution in [-0.4, -0.2) is 115 Å². The Morgan fingerprint density at radius 1 is 0.838 bits per heavy atom. The summed E-state index contributed by atoms with van der Waals surface area (Å²) >= 11 is 0. The number of sulfonamides is 1. The Labute approximate surface area is 217 Å². The average molecular weight is 534 g/mol. The number of aromatic nitrogens is 1. The molecule has 1 aromatic carbocycles. The van der Waals surface area contributed by atoms with E-state index in [1.54, 1.807) is 39.0 Å². The van der Waals surface area contributed by atoms with Crippen LogP contribution in [0, 0.1) is 0 Å². The van der Waals surface area contributed by atoms with E-state index in [0.29, 0.717) is 56.9 Å². The first-order chi connectivity index (χ1) is 17.3. The number of fused-ring (bicyclic) bond motifs is 1. The standard InChI is InChI=1S/C25H35N5O6S/c1-25(2,3)36-24(33)29-9-5-8-27(10-11-29)22(31)18-6-7-20-19(16-18)17-21(26-20)23(32)28-12-14-30(15-13-28)37(4,34)35/h6-7,16-17,26H,5,8-15H2,1-4H3. The molecule has 37 heavy (non-hydrogen) atoms. The molecule has 202 valence electrons. The first-order valence-electron chi connectivity index (χ1n) is 12.5. The third kappa shape index (κ3) is 6.42. The maximum atomic E-state index is 13.3. The van der Waals surface area contributed by atoms with Crippen LogP contribution in [0.4, 0.5) is 4.79 Å². The molecule has 0 aliphatic carbocycles. The van der Waals surface area contributed by atoms with E-state index in [0.717, 1.165) is 10.9 Å². The number of rotatable bonds is 3. The summed E-state index contributed by atoms with van der Waals surface area (Å²) in [6, 6.07) is 7.01. The van der Waals surface area contributed by atoms with E-state index in [1.807, 2.05) is 20.8 Å². The number of hydrogen-bond acceptors (Lipinski definition) is 6. The molecule has 2 aromatic rings. The first-order valence-corrected chi connectivity index (χ1v) is 14.3. The van der Waals surface area contributed by atoms with Crippen molar-refractivity contribution in [1.82, 2.24) is 24.0 Å². The summed E-state index contributed by atoms with van der Waals surface area (Å²) in [5.74, 6) is -0.328. The van der Waals surface area contributed by atoms with Crippen LogP contribution < -0.4 is 0 Å². The van der Waals surface area contributed by atoms with Crippen molar-refractivity contribution in [2.45, 2.75) is 32.8 Å². The Bertz CT molecular complexity index is 1290. The van der Waals surface area contributed by atoms with Gasteiger partial charge in [0.15, 0.2) is 0 Å². The van der Waals surface area contributed by atoms with Crippen molar-refractivity contribution in [3.8, 4) is 0 Å². The lowest BCUT2D eigenvalue weighted by molar-refractivity contribution is 0.0255. The van der Waals surface area contributed by atoms with Crippen LogP contribution >= 0.6 is 0 Å². The van der Waals surface area contributed by atoms with Gasteiger partial charge in [0, 0.05) is 68.8 Å². The molecule has 0 spiro atoms. The summed E-state index contributed by atoms with van der Waals surface area (Å²) in [5, 5.41) is 0.745. The van der Waals surface area contributed by atoms with Gasteiger partial charge in [0.1, 0.15) is 11.3 Å². The maximum Gasteiger partial charge on any atom is 0.410 e. The van der Waals surface area contributed by atoms with E-state index in [-0.39, 0.29) is 31.0 Å². The van der Waals surface area contributed by atoms with Crippen molar-refractivity contribution >= 4 is 38.8 Å². The zero-order valence-corrected chi connectivity index (χ0v) is 22.6. The smallest absolute Gasteiger partial charge is 0.410 e. The summed E-state index contributed by atoms with van der Waals surface area (Å²) in [5.41, 5.74) is 1.07.